The van der Waals surface area contributed by atoms with Crippen molar-refractivity contribution in [3.8, 4) is 11.6 Å². The van der Waals surface area contributed by atoms with Gasteiger partial charge in [0.25, 0.3) is 0 Å². The van der Waals surface area contributed by atoms with Crippen LogP contribution in [0, 0.1) is 6.92 Å². The lowest BCUT2D eigenvalue weighted by atomic mass is 10.1. The molecule has 100 valence electrons. The Bertz CT molecular complexity index is 569. The molecule has 2 aromatic rings. The summed E-state index contributed by atoms with van der Waals surface area (Å²) >= 11 is 0. The molecule has 0 aliphatic rings. The summed E-state index contributed by atoms with van der Waals surface area (Å²) in [6.45, 7) is 6.08. The third-order valence-electron chi connectivity index (χ3n) is 2.83. The Kier molecular flexibility index (Phi) is 3.94. The van der Waals surface area contributed by atoms with Crippen molar-refractivity contribution in [1.29, 1.82) is 0 Å². The van der Waals surface area contributed by atoms with Gasteiger partial charge in [-0.25, -0.2) is 9.97 Å². The summed E-state index contributed by atoms with van der Waals surface area (Å²) in [7, 11) is 1.84. The molecule has 5 heteroatoms. The van der Waals surface area contributed by atoms with Gasteiger partial charge in [-0.1, -0.05) is 13.8 Å². The smallest absolute Gasteiger partial charge is 0.227 e. The first-order chi connectivity index (χ1) is 9.13. The van der Waals surface area contributed by atoms with Crippen molar-refractivity contribution in [2.75, 3.05) is 12.4 Å². The van der Waals surface area contributed by atoms with Gasteiger partial charge in [0.1, 0.15) is 12.1 Å². The summed E-state index contributed by atoms with van der Waals surface area (Å²) in [5.41, 5.74) is 1.80. The van der Waals surface area contributed by atoms with Crippen molar-refractivity contribution >= 4 is 5.82 Å². The molecule has 2 rings (SSSR count). The van der Waals surface area contributed by atoms with Crippen LogP contribution < -0.4 is 10.1 Å². The van der Waals surface area contributed by atoms with Gasteiger partial charge in [0.15, 0.2) is 5.75 Å². The average molecular weight is 258 g/mol. The van der Waals surface area contributed by atoms with Crippen LogP contribution in [0.5, 0.6) is 11.6 Å². The molecule has 0 aliphatic heterocycles. The lowest BCUT2D eigenvalue weighted by Gasteiger charge is -2.16. The highest BCUT2D eigenvalue weighted by molar-refractivity contribution is 5.51. The highest BCUT2D eigenvalue weighted by atomic mass is 16.5. The number of hydrogen-bond donors (Lipinski definition) is 1. The summed E-state index contributed by atoms with van der Waals surface area (Å²) in [5, 5.41) is 3.07. The molecular formula is C14H18N4O. The van der Waals surface area contributed by atoms with Gasteiger partial charge in [-0.2, -0.15) is 0 Å². The lowest BCUT2D eigenvalue weighted by molar-refractivity contribution is 0.446. The zero-order valence-electron chi connectivity index (χ0n) is 11.6. The largest absolute Gasteiger partial charge is 0.437 e. The van der Waals surface area contributed by atoms with Crippen molar-refractivity contribution in [2.45, 2.75) is 26.7 Å². The number of rotatable bonds is 4. The van der Waals surface area contributed by atoms with E-state index in [-0.39, 0.29) is 5.92 Å². The molecule has 2 heterocycles. The molecule has 2 aromatic heterocycles. The van der Waals surface area contributed by atoms with Crippen LogP contribution in [0.1, 0.15) is 31.0 Å². The van der Waals surface area contributed by atoms with Crippen LogP contribution in [0.3, 0.4) is 0 Å². The van der Waals surface area contributed by atoms with E-state index in [1.807, 2.05) is 26.1 Å². The van der Waals surface area contributed by atoms with E-state index in [2.05, 4.69) is 34.1 Å². The van der Waals surface area contributed by atoms with Gasteiger partial charge in [-0.15, -0.1) is 0 Å². The second kappa shape index (κ2) is 5.65. The van der Waals surface area contributed by atoms with Gasteiger partial charge in [0.05, 0.1) is 11.3 Å². The van der Waals surface area contributed by atoms with Gasteiger partial charge in [-0.05, 0) is 25.0 Å². The van der Waals surface area contributed by atoms with Crippen molar-refractivity contribution in [1.82, 2.24) is 15.0 Å². The molecule has 5 nitrogen and oxygen atoms in total. The molecule has 0 amide bonds. The van der Waals surface area contributed by atoms with Gasteiger partial charge in [0, 0.05) is 13.2 Å². The van der Waals surface area contributed by atoms with E-state index in [9.17, 15) is 0 Å². The predicted octanol–water partition coefficient (Wildman–Crippen LogP) is 3.14. The highest BCUT2D eigenvalue weighted by Gasteiger charge is 2.16. The van der Waals surface area contributed by atoms with Crippen molar-refractivity contribution in [3.63, 3.8) is 0 Å². The predicted molar refractivity (Wildman–Crippen MR) is 74.7 cm³/mol. The third-order valence-corrected chi connectivity index (χ3v) is 2.83. The van der Waals surface area contributed by atoms with Gasteiger partial charge >= 0.3 is 0 Å². The van der Waals surface area contributed by atoms with Crippen molar-refractivity contribution in [2.24, 2.45) is 0 Å². The zero-order valence-corrected chi connectivity index (χ0v) is 11.6. The first kappa shape index (κ1) is 13.3. The topological polar surface area (TPSA) is 59.9 Å². The van der Waals surface area contributed by atoms with Crippen LogP contribution in [0.4, 0.5) is 5.82 Å². The second-order valence-electron chi connectivity index (χ2n) is 4.53. The van der Waals surface area contributed by atoms with Crippen molar-refractivity contribution < 1.29 is 4.74 Å². The number of aromatic nitrogens is 3. The fourth-order valence-corrected chi connectivity index (χ4v) is 1.86. The number of pyridine rings is 1. The quantitative estimate of drug-likeness (QED) is 0.912. The normalized spacial score (nSPS) is 10.6. The van der Waals surface area contributed by atoms with Crippen LogP contribution in [-0.4, -0.2) is 22.0 Å². The Morgan fingerprint density at radius 2 is 2.00 bits per heavy atom. The van der Waals surface area contributed by atoms with Crippen molar-refractivity contribution in [3.05, 3.63) is 35.9 Å². The molecule has 0 aromatic carbocycles. The summed E-state index contributed by atoms with van der Waals surface area (Å²) in [5.74, 6) is 2.34. The Morgan fingerprint density at radius 1 is 1.21 bits per heavy atom. The van der Waals surface area contributed by atoms with E-state index in [0.717, 1.165) is 17.1 Å². The number of anilines is 1. The van der Waals surface area contributed by atoms with Crippen LogP contribution in [0.25, 0.3) is 0 Å². The molecule has 0 radical (unpaired) electrons. The number of aryl methyl sites for hydroxylation is 1. The summed E-state index contributed by atoms with van der Waals surface area (Å²) in [4.78, 5) is 12.7. The van der Waals surface area contributed by atoms with E-state index in [1.165, 1.54) is 6.33 Å². The summed E-state index contributed by atoms with van der Waals surface area (Å²) in [6.07, 6.45) is 3.24. The molecule has 0 fully saturated rings. The van der Waals surface area contributed by atoms with Gasteiger partial charge in [0.2, 0.25) is 5.88 Å². The molecule has 1 N–H and O–H groups in total. The Balaban J connectivity index is 2.43. The molecule has 0 atom stereocenters. The third kappa shape index (κ3) is 2.81. The number of hydrogen-bond acceptors (Lipinski definition) is 5. The highest BCUT2D eigenvalue weighted by Crippen LogP contribution is 2.33. The van der Waals surface area contributed by atoms with Gasteiger partial charge in [-0.3, -0.25) is 4.98 Å². The zero-order chi connectivity index (χ0) is 13.8. The first-order valence-corrected chi connectivity index (χ1v) is 6.25. The maximum absolute atomic E-state index is 5.89. The Hall–Kier alpha value is -2.17. The van der Waals surface area contributed by atoms with E-state index in [4.69, 9.17) is 4.74 Å². The number of ether oxygens (including phenoxy) is 1. The molecule has 0 aliphatic carbocycles. The lowest BCUT2D eigenvalue weighted by Crippen LogP contribution is -2.05. The first-order valence-electron chi connectivity index (χ1n) is 6.25. The minimum absolute atomic E-state index is 0.260. The maximum Gasteiger partial charge on any atom is 0.227 e. The van der Waals surface area contributed by atoms with E-state index in [1.54, 1.807) is 6.20 Å². The van der Waals surface area contributed by atoms with E-state index >= 15 is 0 Å². The Labute approximate surface area is 113 Å². The molecule has 19 heavy (non-hydrogen) atoms. The second-order valence-corrected chi connectivity index (χ2v) is 4.53. The molecule has 0 saturated carbocycles. The summed E-state index contributed by atoms with van der Waals surface area (Å²) in [6, 6.07) is 3.73. The monoisotopic (exact) mass is 258 g/mol. The van der Waals surface area contributed by atoms with Gasteiger partial charge < -0.3 is 10.1 Å². The van der Waals surface area contributed by atoms with Crippen LogP contribution in [0.15, 0.2) is 24.7 Å². The molecule has 0 bridgehead atoms. The maximum atomic E-state index is 5.89. The minimum Gasteiger partial charge on any atom is -0.437 e. The van der Waals surface area contributed by atoms with E-state index in [0.29, 0.717) is 11.6 Å². The van der Waals surface area contributed by atoms with Crippen LogP contribution in [0.2, 0.25) is 0 Å². The standard InChI is InChI=1S/C14H18N4O/c1-9(2)12-13(15-4)17-8-18-14(12)19-11-6-5-7-16-10(11)3/h5-9H,1-4H3,(H,15,17,18). The van der Waals surface area contributed by atoms with E-state index < -0.39 is 0 Å². The fraction of sp³-hybridized carbons (Fsp3) is 0.357. The molecular weight excluding hydrogens is 240 g/mol. The minimum atomic E-state index is 0.260. The molecule has 0 saturated heterocycles. The average Bonchev–Trinajstić information content (AvgIpc) is 2.40. The molecule has 0 spiro atoms. The van der Waals surface area contributed by atoms with Crippen LogP contribution in [-0.2, 0) is 0 Å². The SMILES string of the molecule is CNc1ncnc(Oc2cccnc2C)c1C(C)C. The number of nitrogens with zero attached hydrogens (tertiary/aromatic N) is 3. The van der Waals surface area contributed by atoms with Crippen LogP contribution >= 0.6 is 0 Å². The summed E-state index contributed by atoms with van der Waals surface area (Å²) < 4.78 is 5.89. The number of nitrogens with one attached hydrogen (secondary N) is 1. The molecule has 0 unspecified atom stereocenters. The Morgan fingerprint density at radius 3 is 2.63 bits per heavy atom. The fourth-order valence-electron chi connectivity index (χ4n) is 1.86.